The molecule has 6 rings (SSSR count). The van der Waals surface area contributed by atoms with Crippen LogP contribution >= 0.6 is 0 Å². The number of anilines is 1. The molecule has 10 nitrogen and oxygen atoms in total. The fraction of sp³-hybridized carbons (Fsp3) is 0.533. The standard InChI is InChI=1S/C30H39N7O3/c1-6-24(38)37-14-11-20(12-15-37)26-28-29(33-30(32-26)39-17-21-8-7-13-35(21)4)36(5)27(19(3)40-28)25-18(2)9-10-23-22(25)16-31-34-23/h6,9-10,16,19-21,27H,1,7-8,11-15,17H2,2-5H3,(H,31,34)/t19-,21-,27?/m0/s1. The lowest BCUT2D eigenvalue weighted by Crippen LogP contribution is -2.42. The van der Waals surface area contributed by atoms with Gasteiger partial charge in [-0.05, 0) is 76.4 Å². The van der Waals surface area contributed by atoms with Gasteiger partial charge in [-0.25, -0.2) is 0 Å². The van der Waals surface area contributed by atoms with E-state index < -0.39 is 0 Å². The van der Waals surface area contributed by atoms with Gasteiger partial charge in [-0.2, -0.15) is 15.1 Å². The number of likely N-dealkylation sites (tertiary alicyclic amines) is 2. The molecule has 3 aliphatic heterocycles. The molecule has 5 heterocycles. The van der Waals surface area contributed by atoms with Crippen molar-refractivity contribution in [3.63, 3.8) is 0 Å². The van der Waals surface area contributed by atoms with E-state index in [1.807, 2.05) is 11.1 Å². The quantitative estimate of drug-likeness (QED) is 0.465. The van der Waals surface area contributed by atoms with Gasteiger partial charge in [0.2, 0.25) is 5.91 Å². The van der Waals surface area contributed by atoms with Crippen molar-refractivity contribution in [2.45, 2.75) is 63.6 Å². The monoisotopic (exact) mass is 545 g/mol. The van der Waals surface area contributed by atoms with Crippen LogP contribution in [0.3, 0.4) is 0 Å². The Morgan fingerprint density at radius 2 is 2.00 bits per heavy atom. The van der Waals surface area contributed by atoms with E-state index in [9.17, 15) is 4.79 Å². The van der Waals surface area contributed by atoms with E-state index >= 15 is 0 Å². The van der Waals surface area contributed by atoms with E-state index in [0.29, 0.717) is 31.7 Å². The van der Waals surface area contributed by atoms with E-state index in [4.69, 9.17) is 19.4 Å². The lowest BCUT2D eigenvalue weighted by molar-refractivity contribution is -0.127. The van der Waals surface area contributed by atoms with Crippen LogP contribution in [0.4, 0.5) is 5.82 Å². The number of benzene rings is 1. The summed E-state index contributed by atoms with van der Waals surface area (Å²) < 4.78 is 13.0. The van der Waals surface area contributed by atoms with Crippen LogP contribution < -0.4 is 14.4 Å². The summed E-state index contributed by atoms with van der Waals surface area (Å²) in [6.07, 6.45) is 7.02. The number of carbonyl (C=O) groups excluding carboxylic acids is 1. The van der Waals surface area contributed by atoms with Gasteiger partial charge in [0.25, 0.3) is 0 Å². The van der Waals surface area contributed by atoms with Gasteiger partial charge in [-0.15, -0.1) is 0 Å². The van der Waals surface area contributed by atoms with E-state index in [0.717, 1.165) is 54.0 Å². The number of aromatic nitrogens is 4. The highest BCUT2D eigenvalue weighted by Gasteiger charge is 2.40. The number of piperidine rings is 1. The molecule has 1 N–H and O–H groups in total. The number of likely N-dealkylation sites (N-methyl/N-ethyl adjacent to an activating group) is 2. The molecule has 0 aliphatic carbocycles. The first-order valence-electron chi connectivity index (χ1n) is 14.3. The Morgan fingerprint density at radius 1 is 1.20 bits per heavy atom. The number of aromatic amines is 1. The molecule has 3 aromatic rings. The number of aryl methyl sites for hydroxylation is 1. The number of carbonyl (C=O) groups is 1. The molecule has 40 heavy (non-hydrogen) atoms. The summed E-state index contributed by atoms with van der Waals surface area (Å²) in [4.78, 5) is 28.5. The van der Waals surface area contributed by atoms with Crippen LogP contribution in [0.15, 0.2) is 31.0 Å². The second-order valence-electron chi connectivity index (χ2n) is 11.4. The Labute approximate surface area is 235 Å². The molecule has 10 heteroatoms. The summed E-state index contributed by atoms with van der Waals surface area (Å²) in [6.45, 7) is 10.8. The minimum Gasteiger partial charge on any atom is -0.482 e. The summed E-state index contributed by atoms with van der Waals surface area (Å²) >= 11 is 0. The number of nitrogens with one attached hydrogen (secondary N) is 1. The number of ether oxygens (including phenoxy) is 2. The number of nitrogens with zero attached hydrogens (tertiary/aromatic N) is 6. The molecule has 212 valence electrons. The number of hydrogen-bond acceptors (Lipinski definition) is 8. The van der Waals surface area contributed by atoms with E-state index in [1.165, 1.54) is 23.6 Å². The van der Waals surface area contributed by atoms with Crippen LogP contribution in [0.5, 0.6) is 11.8 Å². The molecule has 2 fully saturated rings. The minimum absolute atomic E-state index is 0.0240. The maximum atomic E-state index is 12.2. The van der Waals surface area contributed by atoms with Crippen LogP contribution in [0.1, 0.15) is 61.4 Å². The molecule has 2 aromatic heterocycles. The van der Waals surface area contributed by atoms with Crippen molar-refractivity contribution in [2.75, 3.05) is 45.2 Å². The fourth-order valence-electron chi connectivity index (χ4n) is 6.66. The Hall–Kier alpha value is -3.66. The van der Waals surface area contributed by atoms with Crippen LogP contribution in [0, 0.1) is 6.92 Å². The van der Waals surface area contributed by atoms with Crippen LogP contribution in [-0.4, -0.2) is 88.4 Å². The van der Waals surface area contributed by atoms with Gasteiger partial charge in [0.1, 0.15) is 12.7 Å². The smallest absolute Gasteiger partial charge is 0.318 e. The van der Waals surface area contributed by atoms with Gasteiger partial charge in [-0.1, -0.05) is 12.6 Å². The summed E-state index contributed by atoms with van der Waals surface area (Å²) in [5.74, 6) is 1.58. The molecule has 0 spiro atoms. The predicted molar refractivity (Wildman–Crippen MR) is 154 cm³/mol. The molecule has 0 saturated carbocycles. The van der Waals surface area contributed by atoms with Gasteiger partial charge < -0.3 is 24.2 Å². The molecule has 0 radical (unpaired) electrons. The summed E-state index contributed by atoms with van der Waals surface area (Å²) in [5, 5.41) is 8.50. The Kier molecular flexibility index (Phi) is 7.12. The van der Waals surface area contributed by atoms with Crippen LogP contribution in [0.2, 0.25) is 0 Å². The summed E-state index contributed by atoms with van der Waals surface area (Å²) in [7, 11) is 4.22. The van der Waals surface area contributed by atoms with Crippen molar-refractivity contribution in [1.29, 1.82) is 0 Å². The van der Waals surface area contributed by atoms with Gasteiger partial charge >= 0.3 is 6.01 Å². The largest absolute Gasteiger partial charge is 0.482 e. The molecule has 2 saturated heterocycles. The Balaban J connectivity index is 1.37. The number of amides is 1. The van der Waals surface area contributed by atoms with Crippen molar-refractivity contribution in [3.8, 4) is 11.8 Å². The maximum Gasteiger partial charge on any atom is 0.318 e. The summed E-state index contributed by atoms with van der Waals surface area (Å²) in [5.41, 5.74) is 4.24. The molecule has 1 unspecified atom stereocenters. The zero-order valence-electron chi connectivity index (χ0n) is 23.9. The van der Waals surface area contributed by atoms with Crippen molar-refractivity contribution >= 4 is 22.6 Å². The topological polar surface area (TPSA) is 99.7 Å². The molecular formula is C30H39N7O3. The average molecular weight is 546 g/mol. The second-order valence-corrected chi connectivity index (χ2v) is 11.4. The Morgan fingerprint density at radius 3 is 2.73 bits per heavy atom. The molecule has 3 aliphatic rings. The van der Waals surface area contributed by atoms with Crippen molar-refractivity contribution in [2.24, 2.45) is 0 Å². The summed E-state index contributed by atoms with van der Waals surface area (Å²) in [6, 6.07) is 4.87. The molecule has 0 bridgehead atoms. The predicted octanol–water partition coefficient (Wildman–Crippen LogP) is 3.98. The minimum atomic E-state index is -0.152. The molecule has 1 amide bonds. The lowest BCUT2D eigenvalue weighted by atomic mass is 9.90. The molecule has 3 atom stereocenters. The normalized spacial score (nSPS) is 23.8. The first kappa shape index (κ1) is 26.6. The number of H-pyrrole nitrogens is 1. The lowest BCUT2D eigenvalue weighted by Gasteiger charge is -2.42. The average Bonchev–Trinajstić information content (AvgIpc) is 3.61. The molecular weight excluding hydrogens is 506 g/mol. The highest BCUT2D eigenvalue weighted by molar-refractivity contribution is 5.87. The van der Waals surface area contributed by atoms with Gasteiger partial charge in [0.15, 0.2) is 11.6 Å². The van der Waals surface area contributed by atoms with Crippen molar-refractivity contribution in [3.05, 3.63) is 47.8 Å². The second kappa shape index (κ2) is 10.7. The van der Waals surface area contributed by atoms with E-state index in [-0.39, 0.29) is 24.0 Å². The van der Waals surface area contributed by atoms with Gasteiger partial charge in [0.05, 0.1) is 23.4 Å². The third-order valence-electron chi connectivity index (χ3n) is 8.98. The van der Waals surface area contributed by atoms with Crippen molar-refractivity contribution in [1.82, 2.24) is 30.0 Å². The Bertz CT molecular complexity index is 1410. The zero-order chi connectivity index (χ0) is 28.0. The highest BCUT2D eigenvalue weighted by atomic mass is 16.5. The maximum absolute atomic E-state index is 12.2. The van der Waals surface area contributed by atoms with Gasteiger partial charge in [-0.3, -0.25) is 9.89 Å². The highest BCUT2D eigenvalue weighted by Crippen LogP contribution is 2.47. The van der Waals surface area contributed by atoms with E-state index in [1.54, 1.807) is 0 Å². The number of rotatable bonds is 6. The van der Waals surface area contributed by atoms with Crippen molar-refractivity contribution < 1.29 is 14.3 Å². The number of hydrogen-bond donors (Lipinski definition) is 1. The first-order valence-corrected chi connectivity index (χ1v) is 14.3. The third kappa shape index (κ3) is 4.68. The van der Waals surface area contributed by atoms with Gasteiger partial charge in [0, 0.05) is 37.5 Å². The zero-order valence-corrected chi connectivity index (χ0v) is 23.9. The van der Waals surface area contributed by atoms with Crippen LogP contribution in [0.25, 0.3) is 10.9 Å². The third-order valence-corrected chi connectivity index (χ3v) is 8.98. The van der Waals surface area contributed by atoms with E-state index in [2.05, 4.69) is 66.7 Å². The SMILES string of the molecule is C=CC(=O)N1CCC(c2nc(OC[C@@H]3CCCN3C)nc3c2O[C@@H](C)C(c2c(C)ccc4[nH]ncc24)N3C)CC1. The van der Waals surface area contributed by atoms with Crippen LogP contribution in [-0.2, 0) is 4.79 Å². The molecule has 1 aromatic carbocycles. The number of fused-ring (bicyclic) bond motifs is 2. The fourth-order valence-corrected chi connectivity index (χ4v) is 6.66. The first-order chi connectivity index (χ1) is 19.4.